The molecule has 0 aromatic heterocycles. The van der Waals surface area contributed by atoms with Gasteiger partial charge in [0, 0.05) is 28.7 Å². The van der Waals surface area contributed by atoms with Gasteiger partial charge in [0.25, 0.3) is 5.91 Å². The van der Waals surface area contributed by atoms with Gasteiger partial charge in [-0.1, -0.05) is 19.3 Å². The minimum atomic E-state index is -0.0447. The van der Waals surface area contributed by atoms with Gasteiger partial charge in [-0.15, -0.1) is 0 Å². The van der Waals surface area contributed by atoms with E-state index in [1.165, 1.54) is 19.3 Å². The fourth-order valence-corrected chi connectivity index (χ4v) is 4.21. The zero-order valence-corrected chi connectivity index (χ0v) is 16.8. The first-order chi connectivity index (χ1) is 12.2. The van der Waals surface area contributed by atoms with Gasteiger partial charge in [-0.25, -0.2) is 0 Å². The number of halogens is 1. The van der Waals surface area contributed by atoms with Crippen LogP contribution in [0.15, 0.2) is 24.3 Å². The number of rotatable bonds is 6. The summed E-state index contributed by atoms with van der Waals surface area (Å²) in [6, 6.07) is 7.74. The van der Waals surface area contributed by atoms with Crippen molar-refractivity contribution in [2.75, 3.05) is 39.5 Å². The van der Waals surface area contributed by atoms with Gasteiger partial charge in [0.15, 0.2) is 6.61 Å². The lowest BCUT2D eigenvalue weighted by Crippen LogP contribution is -2.60. The Bertz CT molecular complexity index is 552. The minimum absolute atomic E-state index is 0.0447. The molecule has 1 N–H and O–H groups in total. The molecule has 2 fully saturated rings. The molecule has 3 rings (SSSR count). The zero-order chi connectivity index (χ0) is 17.5. The van der Waals surface area contributed by atoms with Crippen molar-refractivity contribution in [3.63, 3.8) is 0 Å². The van der Waals surface area contributed by atoms with Gasteiger partial charge in [0.05, 0.1) is 13.2 Å². The van der Waals surface area contributed by atoms with Crippen molar-refractivity contribution >= 4 is 28.5 Å². The lowest BCUT2D eigenvalue weighted by molar-refractivity contribution is -0.124. The Kier molecular flexibility index (Phi) is 6.95. The second kappa shape index (κ2) is 9.19. The van der Waals surface area contributed by atoms with E-state index < -0.39 is 0 Å². The molecule has 1 amide bonds. The summed E-state index contributed by atoms with van der Waals surface area (Å²) < 4.78 is 12.3. The summed E-state index contributed by atoms with van der Waals surface area (Å²) in [7, 11) is 0. The highest BCUT2D eigenvalue weighted by Gasteiger charge is 2.38. The van der Waals surface area contributed by atoms with Crippen LogP contribution in [0, 0.1) is 3.57 Å². The van der Waals surface area contributed by atoms with E-state index in [9.17, 15) is 4.79 Å². The maximum atomic E-state index is 12.3. The lowest BCUT2D eigenvalue weighted by atomic mass is 9.79. The number of carbonyl (C=O) groups excluding carboxylic acids is 1. The van der Waals surface area contributed by atoms with Crippen LogP contribution in [0.1, 0.15) is 32.1 Å². The van der Waals surface area contributed by atoms with Crippen LogP contribution in [0.4, 0.5) is 0 Å². The summed E-state index contributed by atoms with van der Waals surface area (Å²) in [5, 5.41) is 3.12. The van der Waals surface area contributed by atoms with E-state index in [0.717, 1.165) is 48.5 Å². The largest absolute Gasteiger partial charge is 0.484 e. The summed E-state index contributed by atoms with van der Waals surface area (Å²) in [4.78, 5) is 14.8. The van der Waals surface area contributed by atoms with Crippen molar-refractivity contribution in [2.45, 2.75) is 37.6 Å². The number of nitrogens with zero attached hydrogens (tertiary/aromatic N) is 1. The minimum Gasteiger partial charge on any atom is -0.484 e. The molecule has 1 saturated carbocycles. The molecule has 1 heterocycles. The highest BCUT2D eigenvalue weighted by Crippen LogP contribution is 2.33. The van der Waals surface area contributed by atoms with Gasteiger partial charge in [-0.2, -0.15) is 0 Å². The highest BCUT2D eigenvalue weighted by atomic mass is 127. The van der Waals surface area contributed by atoms with Crippen LogP contribution in [0.2, 0.25) is 0 Å². The van der Waals surface area contributed by atoms with Gasteiger partial charge < -0.3 is 14.8 Å². The molecule has 1 saturated heterocycles. The summed E-state index contributed by atoms with van der Waals surface area (Å²) in [5.74, 6) is 0.688. The van der Waals surface area contributed by atoms with Crippen molar-refractivity contribution in [1.82, 2.24) is 10.2 Å². The third-order valence-corrected chi connectivity index (χ3v) is 5.98. The Morgan fingerprint density at radius 2 is 1.84 bits per heavy atom. The van der Waals surface area contributed by atoms with E-state index in [1.54, 1.807) is 0 Å². The van der Waals surface area contributed by atoms with Crippen molar-refractivity contribution in [3.05, 3.63) is 27.8 Å². The number of carbonyl (C=O) groups is 1. The number of morpholine rings is 1. The van der Waals surface area contributed by atoms with Gasteiger partial charge in [0.1, 0.15) is 5.75 Å². The highest BCUT2D eigenvalue weighted by molar-refractivity contribution is 14.1. The molecule has 0 atom stereocenters. The summed E-state index contributed by atoms with van der Waals surface area (Å²) in [5.41, 5.74) is 0.0978. The summed E-state index contributed by atoms with van der Waals surface area (Å²) >= 11 is 2.25. The van der Waals surface area contributed by atoms with Crippen molar-refractivity contribution in [3.8, 4) is 5.75 Å². The van der Waals surface area contributed by atoms with E-state index in [2.05, 4.69) is 32.8 Å². The Morgan fingerprint density at radius 3 is 2.52 bits per heavy atom. The van der Waals surface area contributed by atoms with E-state index in [0.29, 0.717) is 6.54 Å². The fraction of sp³-hybridized carbons (Fsp3) is 0.632. The average Bonchev–Trinajstić information content (AvgIpc) is 2.67. The van der Waals surface area contributed by atoms with Gasteiger partial charge >= 0.3 is 0 Å². The van der Waals surface area contributed by atoms with Crippen LogP contribution in [0.25, 0.3) is 0 Å². The van der Waals surface area contributed by atoms with E-state index >= 15 is 0 Å². The Hall–Kier alpha value is -0.860. The molecule has 0 unspecified atom stereocenters. The molecule has 1 aliphatic carbocycles. The van der Waals surface area contributed by atoms with Crippen molar-refractivity contribution in [2.24, 2.45) is 0 Å². The van der Waals surface area contributed by atoms with E-state index in [-0.39, 0.29) is 18.1 Å². The molecule has 2 aliphatic rings. The molecule has 1 aromatic carbocycles. The van der Waals surface area contributed by atoms with Crippen LogP contribution in [-0.4, -0.2) is 55.8 Å². The van der Waals surface area contributed by atoms with Crippen LogP contribution in [0.3, 0.4) is 0 Å². The second-order valence-electron chi connectivity index (χ2n) is 6.90. The Morgan fingerprint density at radius 1 is 1.16 bits per heavy atom. The predicted octanol–water partition coefficient (Wildman–Crippen LogP) is 2.82. The van der Waals surface area contributed by atoms with Crippen LogP contribution < -0.4 is 10.1 Å². The van der Waals surface area contributed by atoms with Crippen molar-refractivity contribution in [1.29, 1.82) is 0 Å². The second-order valence-corrected chi connectivity index (χ2v) is 8.15. The van der Waals surface area contributed by atoms with Gasteiger partial charge in [-0.05, 0) is 59.7 Å². The number of nitrogens with one attached hydrogen (secondary N) is 1. The molecule has 1 aliphatic heterocycles. The smallest absolute Gasteiger partial charge is 0.258 e. The predicted molar refractivity (Wildman–Crippen MR) is 106 cm³/mol. The maximum Gasteiger partial charge on any atom is 0.258 e. The zero-order valence-electron chi connectivity index (χ0n) is 14.6. The number of hydrogen-bond donors (Lipinski definition) is 1. The topological polar surface area (TPSA) is 50.8 Å². The van der Waals surface area contributed by atoms with Gasteiger partial charge in [-0.3, -0.25) is 9.69 Å². The fourth-order valence-electron chi connectivity index (χ4n) is 3.85. The molecular weight excluding hydrogens is 431 g/mol. The SMILES string of the molecule is O=C(COc1ccc(I)cc1)NCC1(N2CCOCC2)CCCCC1. The van der Waals surface area contributed by atoms with Crippen LogP contribution >= 0.6 is 22.6 Å². The number of hydrogen-bond acceptors (Lipinski definition) is 4. The summed E-state index contributed by atoms with van der Waals surface area (Å²) in [6.45, 7) is 4.31. The first-order valence-corrected chi connectivity index (χ1v) is 10.2. The lowest BCUT2D eigenvalue weighted by Gasteiger charge is -2.48. The number of benzene rings is 1. The Labute approximate surface area is 163 Å². The maximum absolute atomic E-state index is 12.3. The van der Waals surface area contributed by atoms with Gasteiger partial charge in [0.2, 0.25) is 0 Å². The molecule has 0 radical (unpaired) electrons. The quantitative estimate of drug-likeness (QED) is 0.667. The van der Waals surface area contributed by atoms with Crippen LogP contribution in [-0.2, 0) is 9.53 Å². The first-order valence-electron chi connectivity index (χ1n) is 9.16. The monoisotopic (exact) mass is 458 g/mol. The van der Waals surface area contributed by atoms with Crippen molar-refractivity contribution < 1.29 is 14.3 Å². The standard InChI is InChI=1S/C19H27IN2O3/c20-16-4-6-17(7-5-16)25-14-18(23)21-15-19(8-2-1-3-9-19)22-10-12-24-13-11-22/h4-7H,1-3,8-15H2,(H,21,23). The number of ether oxygens (including phenoxy) is 2. The summed E-state index contributed by atoms with van der Waals surface area (Å²) in [6.07, 6.45) is 6.10. The Balaban J connectivity index is 1.51. The first kappa shape index (κ1) is 18.9. The van der Waals surface area contributed by atoms with E-state index in [4.69, 9.17) is 9.47 Å². The third-order valence-electron chi connectivity index (χ3n) is 5.26. The average molecular weight is 458 g/mol. The molecule has 1 aromatic rings. The molecule has 0 bridgehead atoms. The molecule has 5 nitrogen and oxygen atoms in total. The molecule has 6 heteroatoms. The molecule has 0 spiro atoms. The number of amides is 1. The third kappa shape index (κ3) is 5.31. The molecule has 25 heavy (non-hydrogen) atoms. The normalized spacial score (nSPS) is 20.8. The molecule has 138 valence electrons. The molecular formula is C19H27IN2O3. The van der Waals surface area contributed by atoms with Crippen LogP contribution in [0.5, 0.6) is 5.75 Å². The van der Waals surface area contributed by atoms with E-state index in [1.807, 2.05) is 24.3 Å².